The van der Waals surface area contributed by atoms with Crippen molar-refractivity contribution in [1.29, 1.82) is 0 Å². The highest BCUT2D eigenvalue weighted by molar-refractivity contribution is 5.36. The number of imidazole rings is 1. The van der Waals surface area contributed by atoms with E-state index < -0.39 is 11.9 Å². The van der Waals surface area contributed by atoms with E-state index in [9.17, 15) is 13.2 Å². The van der Waals surface area contributed by atoms with Gasteiger partial charge in [-0.05, 0) is 13.3 Å². The van der Waals surface area contributed by atoms with Crippen LogP contribution in [0.25, 0.3) is 0 Å². The Kier molecular flexibility index (Phi) is 2.95. The summed E-state index contributed by atoms with van der Waals surface area (Å²) in [6.07, 6.45) is 0.990. The number of fused-ring (bicyclic) bond motifs is 1. The molecule has 1 aliphatic rings. The maximum absolute atomic E-state index is 12.6. The van der Waals surface area contributed by atoms with Crippen LogP contribution in [0.4, 0.5) is 19.1 Å². The molecule has 3 heterocycles. The summed E-state index contributed by atoms with van der Waals surface area (Å²) in [4.78, 5) is 3.62. The zero-order valence-corrected chi connectivity index (χ0v) is 10.9. The van der Waals surface area contributed by atoms with Gasteiger partial charge in [-0.2, -0.15) is 18.3 Å². The standard InChI is InChI=1S/C12H14F3N5/c1-2-20-6-8(5-16-20)9-3-4-19-7-10(12(13,14)15)18-11(19)17-9/h5-7,9H,2-4H2,1H3,(H,17,18). The molecule has 1 aliphatic heterocycles. The summed E-state index contributed by atoms with van der Waals surface area (Å²) in [5.41, 5.74) is 0.111. The Bertz CT molecular complexity index is 613. The number of aromatic nitrogens is 4. The predicted octanol–water partition coefficient (Wildman–Crippen LogP) is 2.68. The normalized spacial score (nSPS) is 18.7. The fraction of sp³-hybridized carbons (Fsp3) is 0.500. The molecule has 0 saturated heterocycles. The van der Waals surface area contributed by atoms with Gasteiger partial charge in [0.15, 0.2) is 5.69 Å². The molecule has 0 radical (unpaired) electrons. The van der Waals surface area contributed by atoms with Gasteiger partial charge in [-0.1, -0.05) is 0 Å². The molecule has 0 aliphatic carbocycles. The molecule has 5 nitrogen and oxygen atoms in total. The fourth-order valence-electron chi connectivity index (χ4n) is 2.32. The third-order valence-electron chi connectivity index (χ3n) is 3.41. The van der Waals surface area contributed by atoms with Gasteiger partial charge in [0, 0.05) is 31.0 Å². The van der Waals surface area contributed by atoms with Crippen LogP contribution < -0.4 is 5.32 Å². The van der Waals surface area contributed by atoms with E-state index in [0.29, 0.717) is 13.0 Å². The fourth-order valence-corrected chi connectivity index (χ4v) is 2.32. The third kappa shape index (κ3) is 2.25. The van der Waals surface area contributed by atoms with Crippen LogP contribution in [0.15, 0.2) is 18.6 Å². The molecule has 1 N–H and O–H groups in total. The maximum Gasteiger partial charge on any atom is 0.434 e. The second-order valence-electron chi connectivity index (χ2n) is 4.76. The highest BCUT2D eigenvalue weighted by Gasteiger charge is 2.36. The minimum absolute atomic E-state index is 0.0497. The summed E-state index contributed by atoms with van der Waals surface area (Å²) in [5, 5.41) is 7.22. The molecule has 0 bridgehead atoms. The summed E-state index contributed by atoms with van der Waals surface area (Å²) in [6.45, 7) is 3.25. The van der Waals surface area contributed by atoms with E-state index in [2.05, 4.69) is 15.4 Å². The first kappa shape index (κ1) is 13.0. The molecular weight excluding hydrogens is 271 g/mol. The minimum Gasteiger partial charge on any atom is -0.349 e. The van der Waals surface area contributed by atoms with Gasteiger partial charge < -0.3 is 9.88 Å². The van der Waals surface area contributed by atoms with Gasteiger partial charge in [-0.15, -0.1) is 0 Å². The summed E-state index contributed by atoms with van der Waals surface area (Å²) in [5.74, 6) is 0.262. The summed E-state index contributed by atoms with van der Waals surface area (Å²) in [6, 6.07) is -0.0497. The lowest BCUT2D eigenvalue weighted by atomic mass is 10.1. The molecule has 2 aromatic rings. The lowest BCUT2D eigenvalue weighted by Crippen LogP contribution is -2.21. The Morgan fingerprint density at radius 2 is 2.20 bits per heavy atom. The Hall–Kier alpha value is -1.99. The number of nitrogens with one attached hydrogen (secondary N) is 1. The molecule has 2 aromatic heterocycles. The third-order valence-corrected chi connectivity index (χ3v) is 3.41. The van der Waals surface area contributed by atoms with Gasteiger partial charge in [0.25, 0.3) is 0 Å². The van der Waals surface area contributed by atoms with Crippen molar-refractivity contribution in [2.24, 2.45) is 0 Å². The average Bonchev–Trinajstić information content (AvgIpc) is 3.03. The van der Waals surface area contributed by atoms with Crippen molar-refractivity contribution in [3.8, 4) is 0 Å². The molecule has 0 fully saturated rings. The second-order valence-corrected chi connectivity index (χ2v) is 4.76. The monoisotopic (exact) mass is 285 g/mol. The van der Waals surface area contributed by atoms with Crippen molar-refractivity contribution in [2.75, 3.05) is 5.32 Å². The molecule has 0 amide bonds. The first-order valence-electron chi connectivity index (χ1n) is 6.40. The Labute approximate surface area is 113 Å². The van der Waals surface area contributed by atoms with Crippen LogP contribution >= 0.6 is 0 Å². The average molecular weight is 285 g/mol. The van der Waals surface area contributed by atoms with E-state index >= 15 is 0 Å². The van der Waals surface area contributed by atoms with Gasteiger partial charge in [-0.3, -0.25) is 4.68 Å². The van der Waals surface area contributed by atoms with Crippen LogP contribution in [-0.2, 0) is 19.3 Å². The Balaban J connectivity index is 1.83. The largest absolute Gasteiger partial charge is 0.434 e. The first-order chi connectivity index (χ1) is 9.47. The summed E-state index contributed by atoms with van der Waals surface area (Å²) < 4.78 is 41.2. The van der Waals surface area contributed by atoms with Gasteiger partial charge in [0.1, 0.15) is 0 Å². The van der Waals surface area contributed by atoms with Gasteiger partial charge in [0.05, 0.1) is 12.2 Å². The van der Waals surface area contributed by atoms with E-state index in [1.165, 1.54) is 4.57 Å². The molecule has 20 heavy (non-hydrogen) atoms. The summed E-state index contributed by atoms with van der Waals surface area (Å²) in [7, 11) is 0. The number of rotatable bonds is 2. The van der Waals surface area contributed by atoms with E-state index in [0.717, 1.165) is 18.3 Å². The number of halogens is 3. The van der Waals surface area contributed by atoms with Crippen LogP contribution in [0, 0.1) is 0 Å². The topological polar surface area (TPSA) is 47.7 Å². The van der Waals surface area contributed by atoms with Crippen molar-refractivity contribution in [3.63, 3.8) is 0 Å². The Morgan fingerprint density at radius 3 is 2.85 bits per heavy atom. The zero-order chi connectivity index (χ0) is 14.3. The number of aryl methyl sites for hydroxylation is 2. The first-order valence-corrected chi connectivity index (χ1v) is 6.40. The molecule has 3 rings (SSSR count). The van der Waals surface area contributed by atoms with Crippen molar-refractivity contribution in [3.05, 3.63) is 29.8 Å². The van der Waals surface area contributed by atoms with Crippen molar-refractivity contribution >= 4 is 5.95 Å². The number of alkyl halides is 3. The molecule has 108 valence electrons. The zero-order valence-electron chi connectivity index (χ0n) is 10.9. The number of nitrogens with zero attached hydrogens (tertiary/aromatic N) is 4. The van der Waals surface area contributed by atoms with E-state index in [1.807, 2.05) is 13.1 Å². The molecule has 0 saturated carbocycles. The van der Waals surface area contributed by atoms with Crippen LogP contribution in [0.1, 0.15) is 30.6 Å². The molecule has 0 aromatic carbocycles. The molecule has 1 unspecified atom stereocenters. The van der Waals surface area contributed by atoms with E-state index in [4.69, 9.17) is 0 Å². The SMILES string of the molecule is CCn1cc(C2CCn3cc(C(F)(F)F)nc3N2)cn1. The van der Waals surface area contributed by atoms with Crippen molar-refractivity contribution < 1.29 is 13.2 Å². The van der Waals surface area contributed by atoms with E-state index in [-0.39, 0.29) is 12.0 Å². The van der Waals surface area contributed by atoms with Crippen molar-refractivity contribution in [2.45, 2.75) is 38.7 Å². The minimum atomic E-state index is -4.41. The highest BCUT2D eigenvalue weighted by atomic mass is 19.4. The van der Waals surface area contributed by atoms with Crippen LogP contribution in [-0.4, -0.2) is 19.3 Å². The predicted molar refractivity (Wildman–Crippen MR) is 66.1 cm³/mol. The lowest BCUT2D eigenvalue weighted by molar-refractivity contribution is -0.140. The number of hydrogen-bond acceptors (Lipinski definition) is 3. The van der Waals surface area contributed by atoms with Crippen molar-refractivity contribution in [1.82, 2.24) is 19.3 Å². The molecule has 8 heteroatoms. The smallest absolute Gasteiger partial charge is 0.349 e. The summed E-state index contributed by atoms with van der Waals surface area (Å²) >= 11 is 0. The molecule has 0 spiro atoms. The lowest BCUT2D eigenvalue weighted by Gasteiger charge is -2.24. The maximum atomic E-state index is 12.6. The van der Waals surface area contributed by atoms with E-state index in [1.54, 1.807) is 10.9 Å². The molecule has 1 atom stereocenters. The van der Waals surface area contributed by atoms with Crippen LogP contribution in [0.3, 0.4) is 0 Å². The number of anilines is 1. The van der Waals surface area contributed by atoms with Crippen LogP contribution in [0.2, 0.25) is 0 Å². The van der Waals surface area contributed by atoms with Crippen LogP contribution in [0.5, 0.6) is 0 Å². The quantitative estimate of drug-likeness (QED) is 0.922. The van der Waals surface area contributed by atoms with Gasteiger partial charge in [0.2, 0.25) is 5.95 Å². The second kappa shape index (κ2) is 4.53. The van der Waals surface area contributed by atoms with Gasteiger partial charge in [-0.25, -0.2) is 4.98 Å². The number of hydrogen-bond donors (Lipinski definition) is 1. The van der Waals surface area contributed by atoms with Gasteiger partial charge >= 0.3 is 6.18 Å². The Morgan fingerprint density at radius 1 is 1.40 bits per heavy atom. The highest BCUT2D eigenvalue weighted by Crippen LogP contribution is 2.33. The molecular formula is C12H14F3N5.